The molecule has 1 spiro atoms. The minimum atomic E-state index is -0.151. The molecule has 0 saturated carbocycles. The van der Waals surface area contributed by atoms with Gasteiger partial charge in [-0.1, -0.05) is 30.3 Å². The molecule has 0 unspecified atom stereocenters. The van der Waals surface area contributed by atoms with E-state index in [0.717, 1.165) is 32.4 Å². The molecular formula is C20H26N2O3. The fraction of sp³-hybridized carbons (Fsp3) is 0.600. The quantitative estimate of drug-likeness (QED) is 0.826. The number of hydrogen-bond donors (Lipinski definition) is 0. The van der Waals surface area contributed by atoms with Gasteiger partial charge in [-0.15, -0.1) is 0 Å². The van der Waals surface area contributed by atoms with E-state index in [-0.39, 0.29) is 29.2 Å². The summed E-state index contributed by atoms with van der Waals surface area (Å²) in [5, 5.41) is 0. The second kappa shape index (κ2) is 6.45. The van der Waals surface area contributed by atoms with Crippen molar-refractivity contribution in [1.82, 2.24) is 9.80 Å². The van der Waals surface area contributed by atoms with E-state index >= 15 is 0 Å². The summed E-state index contributed by atoms with van der Waals surface area (Å²) in [6.07, 6.45) is 3.12. The van der Waals surface area contributed by atoms with E-state index in [1.54, 1.807) is 0 Å². The van der Waals surface area contributed by atoms with Gasteiger partial charge in [-0.3, -0.25) is 9.59 Å². The number of hydrogen-bond acceptors (Lipinski definition) is 3. The maximum Gasteiger partial charge on any atom is 0.228 e. The summed E-state index contributed by atoms with van der Waals surface area (Å²) in [6, 6.07) is 10.4. The van der Waals surface area contributed by atoms with Gasteiger partial charge in [0.05, 0.1) is 18.1 Å². The Morgan fingerprint density at radius 3 is 2.56 bits per heavy atom. The third-order valence-corrected chi connectivity index (χ3v) is 6.49. The molecule has 4 rings (SSSR count). The normalized spacial score (nSPS) is 28.8. The molecule has 2 amide bonds. The van der Waals surface area contributed by atoms with Crippen LogP contribution in [0.15, 0.2) is 30.3 Å². The highest BCUT2D eigenvalue weighted by molar-refractivity contribution is 5.82. The lowest BCUT2D eigenvalue weighted by Gasteiger charge is -2.47. The molecule has 0 radical (unpaired) electrons. The predicted octanol–water partition coefficient (Wildman–Crippen LogP) is 2.03. The lowest BCUT2D eigenvalue weighted by molar-refractivity contribution is -0.139. The zero-order chi connectivity index (χ0) is 17.4. The van der Waals surface area contributed by atoms with Gasteiger partial charge in [0, 0.05) is 39.1 Å². The van der Waals surface area contributed by atoms with E-state index in [1.807, 2.05) is 35.0 Å². The topological polar surface area (TPSA) is 49.9 Å². The first-order chi connectivity index (χ1) is 12.1. The zero-order valence-electron chi connectivity index (χ0n) is 14.8. The van der Waals surface area contributed by atoms with E-state index in [1.165, 1.54) is 5.56 Å². The van der Waals surface area contributed by atoms with Gasteiger partial charge in [0.1, 0.15) is 0 Å². The first-order valence-corrected chi connectivity index (χ1v) is 9.30. The minimum Gasteiger partial charge on any atom is -0.381 e. The van der Waals surface area contributed by atoms with Gasteiger partial charge in [-0.05, 0) is 24.8 Å². The molecule has 0 aliphatic carbocycles. The number of amides is 2. The highest BCUT2D eigenvalue weighted by Gasteiger charge is 2.53. The van der Waals surface area contributed by atoms with Crippen molar-refractivity contribution in [2.24, 2.45) is 5.92 Å². The molecule has 5 nitrogen and oxygen atoms in total. The van der Waals surface area contributed by atoms with Gasteiger partial charge >= 0.3 is 0 Å². The first kappa shape index (κ1) is 16.6. The van der Waals surface area contributed by atoms with Gasteiger partial charge in [-0.2, -0.15) is 0 Å². The summed E-state index contributed by atoms with van der Waals surface area (Å²) < 4.78 is 5.37. The van der Waals surface area contributed by atoms with Crippen LogP contribution in [0.3, 0.4) is 0 Å². The Hall–Kier alpha value is -1.88. The molecule has 0 bridgehead atoms. The Kier molecular flexibility index (Phi) is 4.28. The van der Waals surface area contributed by atoms with E-state index in [0.29, 0.717) is 19.6 Å². The molecule has 5 heteroatoms. The number of piperidine rings is 1. The maximum atomic E-state index is 12.7. The van der Waals surface area contributed by atoms with Crippen molar-refractivity contribution in [2.75, 3.05) is 33.4 Å². The Morgan fingerprint density at radius 1 is 1.20 bits per heavy atom. The van der Waals surface area contributed by atoms with Crippen molar-refractivity contribution in [2.45, 2.75) is 37.1 Å². The van der Waals surface area contributed by atoms with Crippen LogP contribution in [0.1, 0.15) is 37.2 Å². The van der Waals surface area contributed by atoms with Crippen molar-refractivity contribution in [3.8, 4) is 0 Å². The highest BCUT2D eigenvalue weighted by Crippen LogP contribution is 2.48. The van der Waals surface area contributed by atoms with Crippen LogP contribution < -0.4 is 0 Å². The molecule has 0 aromatic heterocycles. The van der Waals surface area contributed by atoms with Gasteiger partial charge in [0.25, 0.3) is 0 Å². The molecule has 3 fully saturated rings. The van der Waals surface area contributed by atoms with Crippen molar-refractivity contribution < 1.29 is 14.3 Å². The summed E-state index contributed by atoms with van der Waals surface area (Å²) in [6.45, 7) is 2.72. The van der Waals surface area contributed by atoms with Crippen molar-refractivity contribution >= 4 is 11.8 Å². The standard InChI is InChI=1S/C20H26N2O3/c1-21-18(23)13-17(15-5-3-2-4-6-15)20(21)8-10-22(11-9-20)19(24)16-7-12-25-14-16/h2-6,16-17H,7-14H2,1H3/t16-,17+/m1/s1. The second-order valence-electron chi connectivity index (χ2n) is 7.61. The van der Waals surface area contributed by atoms with Gasteiger partial charge in [-0.25, -0.2) is 0 Å². The predicted molar refractivity (Wildman–Crippen MR) is 94.0 cm³/mol. The number of likely N-dealkylation sites (N-methyl/N-ethyl adjacent to an activating group) is 1. The average Bonchev–Trinajstić information content (AvgIpc) is 3.27. The largest absolute Gasteiger partial charge is 0.381 e. The number of ether oxygens (including phenoxy) is 1. The lowest BCUT2D eigenvalue weighted by atomic mass is 9.73. The number of rotatable bonds is 2. The van der Waals surface area contributed by atoms with E-state index in [9.17, 15) is 9.59 Å². The fourth-order valence-electron chi connectivity index (χ4n) is 4.88. The summed E-state index contributed by atoms with van der Waals surface area (Å²) in [5.41, 5.74) is 1.09. The summed E-state index contributed by atoms with van der Waals surface area (Å²) in [5.74, 6) is 0.702. The summed E-state index contributed by atoms with van der Waals surface area (Å²) in [4.78, 5) is 29.1. The summed E-state index contributed by atoms with van der Waals surface area (Å²) >= 11 is 0. The molecule has 0 N–H and O–H groups in total. The van der Waals surface area contributed by atoms with E-state index in [2.05, 4.69) is 12.1 Å². The summed E-state index contributed by atoms with van der Waals surface area (Å²) in [7, 11) is 1.94. The van der Waals surface area contributed by atoms with Crippen LogP contribution in [0.4, 0.5) is 0 Å². The van der Waals surface area contributed by atoms with Crippen LogP contribution in [0.5, 0.6) is 0 Å². The minimum absolute atomic E-state index is 0.0295. The Bertz CT molecular complexity index is 646. The maximum absolute atomic E-state index is 12.7. The van der Waals surface area contributed by atoms with Crippen molar-refractivity contribution in [3.05, 3.63) is 35.9 Å². The monoisotopic (exact) mass is 342 g/mol. The molecule has 2 atom stereocenters. The molecule has 3 aliphatic heterocycles. The molecule has 3 saturated heterocycles. The van der Waals surface area contributed by atoms with E-state index < -0.39 is 0 Å². The Balaban J connectivity index is 1.52. The molecule has 134 valence electrons. The molecular weight excluding hydrogens is 316 g/mol. The first-order valence-electron chi connectivity index (χ1n) is 9.30. The van der Waals surface area contributed by atoms with Crippen LogP contribution in [0.2, 0.25) is 0 Å². The van der Waals surface area contributed by atoms with Crippen LogP contribution in [0.25, 0.3) is 0 Å². The van der Waals surface area contributed by atoms with Crippen molar-refractivity contribution in [1.29, 1.82) is 0 Å². The second-order valence-corrected chi connectivity index (χ2v) is 7.61. The van der Waals surface area contributed by atoms with Crippen LogP contribution in [0, 0.1) is 5.92 Å². The van der Waals surface area contributed by atoms with Crippen LogP contribution in [-0.4, -0.2) is 60.5 Å². The molecule has 1 aromatic rings. The Labute approximate surface area is 148 Å². The SMILES string of the molecule is CN1C(=O)C[C@@H](c2ccccc2)C12CCN(C(=O)[C@@H]1CCOC1)CC2. The number of carbonyl (C=O) groups is 2. The lowest BCUT2D eigenvalue weighted by Crippen LogP contribution is -2.55. The van der Waals surface area contributed by atoms with Crippen LogP contribution in [-0.2, 0) is 14.3 Å². The highest BCUT2D eigenvalue weighted by atomic mass is 16.5. The number of likely N-dealkylation sites (tertiary alicyclic amines) is 2. The van der Waals surface area contributed by atoms with Gasteiger partial charge in [0.2, 0.25) is 11.8 Å². The van der Waals surface area contributed by atoms with E-state index in [4.69, 9.17) is 4.74 Å². The molecule has 3 aliphatic rings. The molecule has 1 aromatic carbocycles. The third kappa shape index (κ3) is 2.74. The molecule has 3 heterocycles. The zero-order valence-corrected chi connectivity index (χ0v) is 14.8. The average molecular weight is 342 g/mol. The molecule has 25 heavy (non-hydrogen) atoms. The third-order valence-electron chi connectivity index (χ3n) is 6.49. The van der Waals surface area contributed by atoms with Crippen molar-refractivity contribution in [3.63, 3.8) is 0 Å². The van der Waals surface area contributed by atoms with Gasteiger partial charge in [0.15, 0.2) is 0 Å². The fourth-order valence-corrected chi connectivity index (χ4v) is 4.88. The van der Waals surface area contributed by atoms with Crippen LogP contribution >= 0.6 is 0 Å². The number of carbonyl (C=O) groups excluding carboxylic acids is 2. The number of nitrogens with zero attached hydrogens (tertiary/aromatic N) is 2. The number of benzene rings is 1. The smallest absolute Gasteiger partial charge is 0.228 e. The van der Waals surface area contributed by atoms with Gasteiger partial charge < -0.3 is 14.5 Å². The Morgan fingerprint density at radius 2 is 1.92 bits per heavy atom.